The number of nitrogens with zero attached hydrogens (tertiary/aromatic N) is 2. The standard InChI is InChI=1S/C19H23F3N4O3.HI/c1-23-18(25-10-11-28-16-7-5-15(27-2)6-8-16)26-12-14-4-3-9-24-17(14)29-13-19(20,21)22;/h3-9H,10-13H2,1-2H3,(H2,23,25,26);1H. The van der Waals surface area contributed by atoms with Crippen LogP contribution >= 0.6 is 24.0 Å². The van der Waals surface area contributed by atoms with Gasteiger partial charge >= 0.3 is 6.18 Å². The van der Waals surface area contributed by atoms with Crippen LogP contribution in [0.2, 0.25) is 0 Å². The number of nitrogens with one attached hydrogen (secondary N) is 2. The van der Waals surface area contributed by atoms with Crippen LogP contribution < -0.4 is 24.8 Å². The van der Waals surface area contributed by atoms with Gasteiger partial charge in [0.05, 0.1) is 13.7 Å². The van der Waals surface area contributed by atoms with Crippen LogP contribution in [0.3, 0.4) is 0 Å². The van der Waals surface area contributed by atoms with E-state index in [9.17, 15) is 13.2 Å². The molecule has 2 rings (SSSR count). The summed E-state index contributed by atoms with van der Waals surface area (Å²) in [6.07, 6.45) is -3.05. The van der Waals surface area contributed by atoms with Crippen LogP contribution in [-0.2, 0) is 6.54 Å². The van der Waals surface area contributed by atoms with Gasteiger partial charge in [-0.15, -0.1) is 24.0 Å². The van der Waals surface area contributed by atoms with Crippen LogP contribution in [0, 0.1) is 0 Å². The molecule has 0 saturated heterocycles. The van der Waals surface area contributed by atoms with Crippen LogP contribution in [0.4, 0.5) is 13.2 Å². The van der Waals surface area contributed by atoms with Crippen molar-refractivity contribution >= 4 is 29.9 Å². The Labute approximate surface area is 190 Å². The number of guanidine groups is 1. The van der Waals surface area contributed by atoms with E-state index in [4.69, 9.17) is 14.2 Å². The predicted molar refractivity (Wildman–Crippen MR) is 118 cm³/mol. The van der Waals surface area contributed by atoms with Crippen molar-refractivity contribution < 1.29 is 27.4 Å². The van der Waals surface area contributed by atoms with Gasteiger partial charge in [-0.1, -0.05) is 6.07 Å². The van der Waals surface area contributed by atoms with Crippen molar-refractivity contribution in [1.29, 1.82) is 0 Å². The van der Waals surface area contributed by atoms with Crippen molar-refractivity contribution in [3.8, 4) is 17.4 Å². The molecule has 0 aliphatic rings. The van der Waals surface area contributed by atoms with Gasteiger partial charge in [0.2, 0.25) is 5.88 Å². The summed E-state index contributed by atoms with van der Waals surface area (Å²) in [7, 11) is 3.18. The van der Waals surface area contributed by atoms with Gasteiger partial charge in [-0.25, -0.2) is 4.98 Å². The summed E-state index contributed by atoms with van der Waals surface area (Å²) in [5.41, 5.74) is 0.481. The molecule has 1 aromatic heterocycles. The highest BCUT2D eigenvalue weighted by atomic mass is 127. The fourth-order valence-corrected chi connectivity index (χ4v) is 2.25. The molecule has 30 heavy (non-hydrogen) atoms. The van der Waals surface area contributed by atoms with E-state index in [0.717, 1.165) is 5.75 Å². The Morgan fingerprint density at radius 1 is 1.07 bits per heavy atom. The first-order valence-corrected chi connectivity index (χ1v) is 8.76. The van der Waals surface area contributed by atoms with Crippen LogP contribution in [0.5, 0.6) is 17.4 Å². The molecule has 1 aromatic carbocycles. The molecule has 0 bridgehead atoms. The van der Waals surface area contributed by atoms with E-state index in [-0.39, 0.29) is 36.4 Å². The molecule has 0 spiro atoms. The first-order chi connectivity index (χ1) is 13.9. The number of methoxy groups -OCH3 is 1. The third-order valence-corrected chi connectivity index (χ3v) is 3.62. The second-order valence-corrected chi connectivity index (χ2v) is 5.75. The number of alkyl halides is 3. The normalized spacial score (nSPS) is 11.3. The van der Waals surface area contributed by atoms with Gasteiger partial charge in [-0.3, -0.25) is 4.99 Å². The lowest BCUT2D eigenvalue weighted by Crippen LogP contribution is -2.39. The lowest BCUT2D eigenvalue weighted by atomic mass is 10.2. The van der Waals surface area contributed by atoms with Crippen LogP contribution in [0.15, 0.2) is 47.6 Å². The van der Waals surface area contributed by atoms with E-state index >= 15 is 0 Å². The molecule has 11 heteroatoms. The smallest absolute Gasteiger partial charge is 0.422 e. The largest absolute Gasteiger partial charge is 0.497 e. The fraction of sp³-hybridized carbons (Fsp3) is 0.368. The summed E-state index contributed by atoms with van der Waals surface area (Å²) in [6, 6.07) is 10.5. The van der Waals surface area contributed by atoms with Crippen molar-refractivity contribution in [2.75, 3.05) is 33.9 Å². The highest BCUT2D eigenvalue weighted by Crippen LogP contribution is 2.20. The summed E-state index contributed by atoms with van der Waals surface area (Å²) < 4.78 is 52.5. The van der Waals surface area contributed by atoms with E-state index in [2.05, 4.69) is 20.6 Å². The maximum absolute atomic E-state index is 12.4. The molecule has 0 saturated carbocycles. The monoisotopic (exact) mass is 540 g/mol. The second-order valence-electron chi connectivity index (χ2n) is 5.75. The maximum atomic E-state index is 12.4. The Balaban J connectivity index is 0.00000450. The molecular weight excluding hydrogens is 516 g/mol. The number of hydrogen-bond acceptors (Lipinski definition) is 5. The summed E-state index contributed by atoms with van der Waals surface area (Å²) in [5.74, 6) is 1.84. The quantitative estimate of drug-likeness (QED) is 0.220. The molecule has 7 nitrogen and oxygen atoms in total. The van der Waals surface area contributed by atoms with Crippen molar-refractivity contribution in [3.05, 3.63) is 48.2 Å². The summed E-state index contributed by atoms with van der Waals surface area (Å²) in [5, 5.41) is 6.06. The first-order valence-electron chi connectivity index (χ1n) is 8.76. The highest BCUT2D eigenvalue weighted by Gasteiger charge is 2.29. The molecule has 0 radical (unpaired) electrons. The van der Waals surface area contributed by atoms with E-state index in [1.54, 1.807) is 50.6 Å². The van der Waals surface area contributed by atoms with Crippen molar-refractivity contribution in [3.63, 3.8) is 0 Å². The predicted octanol–water partition coefficient (Wildman–Crippen LogP) is 3.39. The van der Waals surface area contributed by atoms with Crippen molar-refractivity contribution in [2.24, 2.45) is 4.99 Å². The second kappa shape index (κ2) is 13.0. The molecule has 0 aliphatic heterocycles. The fourth-order valence-electron chi connectivity index (χ4n) is 2.25. The number of rotatable bonds is 9. The number of aromatic nitrogens is 1. The van der Waals surface area contributed by atoms with E-state index in [0.29, 0.717) is 30.4 Å². The number of hydrogen-bond donors (Lipinski definition) is 2. The number of aliphatic imine (C=N–C) groups is 1. The van der Waals surface area contributed by atoms with E-state index < -0.39 is 12.8 Å². The van der Waals surface area contributed by atoms with Crippen molar-refractivity contribution in [2.45, 2.75) is 12.7 Å². The number of benzene rings is 1. The maximum Gasteiger partial charge on any atom is 0.422 e. The van der Waals surface area contributed by atoms with Gasteiger partial charge in [0, 0.05) is 25.4 Å². The molecule has 0 fully saturated rings. The number of halogens is 4. The third-order valence-electron chi connectivity index (χ3n) is 3.62. The average molecular weight is 540 g/mol. The minimum atomic E-state index is -4.43. The van der Waals surface area contributed by atoms with E-state index in [1.807, 2.05) is 0 Å². The highest BCUT2D eigenvalue weighted by molar-refractivity contribution is 14.0. The summed E-state index contributed by atoms with van der Waals surface area (Å²) in [6.45, 7) is -0.344. The van der Waals surface area contributed by atoms with Gasteiger partial charge in [0.15, 0.2) is 12.6 Å². The lowest BCUT2D eigenvalue weighted by Gasteiger charge is -2.15. The van der Waals surface area contributed by atoms with Gasteiger partial charge in [-0.05, 0) is 30.3 Å². The Kier molecular flexibility index (Phi) is 11.1. The Bertz CT molecular complexity index is 789. The van der Waals surface area contributed by atoms with Crippen LogP contribution in [0.25, 0.3) is 0 Å². The van der Waals surface area contributed by atoms with Crippen molar-refractivity contribution in [1.82, 2.24) is 15.6 Å². The molecule has 2 aromatic rings. The van der Waals surface area contributed by atoms with Gasteiger partial charge in [0.25, 0.3) is 0 Å². The molecule has 0 unspecified atom stereocenters. The summed E-state index contributed by atoms with van der Waals surface area (Å²) in [4.78, 5) is 7.92. The number of ether oxygens (including phenoxy) is 3. The lowest BCUT2D eigenvalue weighted by molar-refractivity contribution is -0.154. The molecule has 166 valence electrons. The van der Waals surface area contributed by atoms with Crippen LogP contribution in [-0.4, -0.2) is 51.0 Å². The number of pyridine rings is 1. The van der Waals surface area contributed by atoms with Gasteiger partial charge in [-0.2, -0.15) is 13.2 Å². The molecular formula is C19H24F3IN4O3. The third kappa shape index (κ3) is 9.37. The molecule has 0 atom stereocenters. The first kappa shape index (κ1) is 25.6. The average Bonchev–Trinajstić information content (AvgIpc) is 2.72. The topological polar surface area (TPSA) is 77.0 Å². The zero-order chi connectivity index (χ0) is 21.1. The Hall–Kier alpha value is -2.44. The van der Waals surface area contributed by atoms with Crippen LogP contribution in [0.1, 0.15) is 5.56 Å². The molecule has 0 aliphatic carbocycles. The molecule has 0 amide bonds. The van der Waals surface area contributed by atoms with Gasteiger partial charge < -0.3 is 24.8 Å². The molecule has 2 N–H and O–H groups in total. The van der Waals surface area contributed by atoms with E-state index in [1.165, 1.54) is 6.20 Å². The zero-order valence-electron chi connectivity index (χ0n) is 16.5. The minimum Gasteiger partial charge on any atom is -0.497 e. The SMILES string of the molecule is CN=C(NCCOc1ccc(OC)cc1)NCc1cccnc1OCC(F)(F)F.I. The Morgan fingerprint density at radius 3 is 2.40 bits per heavy atom. The summed E-state index contributed by atoms with van der Waals surface area (Å²) >= 11 is 0. The Morgan fingerprint density at radius 2 is 1.77 bits per heavy atom. The zero-order valence-corrected chi connectivity index (χ0v) is 18.9. The minimum absolute atomic E-state index is 0. The van der Waals surface area contributed by atoms with Gasteiger partial charge in [0.1, 0.15) is 18.1 Å². The molecule has 1 heterocycles.